The van der Waals surface area contributed by atoms with Gasteiger partial charge in [0.2, 0.25) is 0 Å². The summed E-state index contributed by atoms with van der Waals surface area (Å²) in [6.07, 6.45) is 2.83. The molecule has 2 rings (SSSR count). The van der Waals surface area contributed by atoms with E-state index in [4.69, 9.17) is 22.7 Å². The van der Waals surface area contributed by atoms with Crippen LogP contribution in [0.5, 0.6) is 0 Å². The highest BCUT2D eigenvalue weighted by molar-refractivity contribution is 7.80. The molecule has 18 heavy (non-hydrogen) atoms. The van der Waals surface area contributed by atoms with Crippen molar-refractivity contribution >= 4 is 23.1 Å². The van der Waals surface area contributed by atoms with Crippen LogP contribution in [-0.4, -0.2) is 66.1 Å². The molecule has 2 N–H and O–H groups in total. The van der Waals surface area contributed by atoms with E-state index in [2.05, 4.69) is 4.90 Å². The Balaban J connectivity index is 1.78. The average molecular weight is 271 g/mol. The maximum atomic E-state index is 12.2. The fourth-order valence-electron chi connectivity index (χ4n) is 2.49. The number of thiocarbonyl (C=S) groups is 1. The summed E-state index contributed by atoms with van der Waals surface area (Å²) in [5, 5.41) is 0. The molecule has 2 aliphatic rings. The average Bonchev–Trinajstić information content (AvgIpc) is 2.39. The smallest absolute Gasteiger partial charge is 0.251 e. The van der Waals surface area contributed by atoms with Gasteiger partial charge in [0.25, 0.3) is 5.91 Å². The summed E-state index contributed by atoms with van der Waals surface area (Å²) < 4.78 is 5.54. The van der Waals surface area contributed by atoms with Crippen molar-refractivity contribution in [3.8, 4) is 0 Å². The van der Waals surface area contributed by atoms with Crippen LogP contribution >= 0.6 is 12.2 Å². The molecule has 0 aromatic carbocycles. The van der Waals surface area contributed by atoms with Gasteiger partial charge in [0.1, 0.15) is 6.10 Å². The monoisotopic (exact) mass is 271 g/mol. The number of carbonyl (C=O) groups excluding carboxylic acids is 1. The predicted molar refractivity (Wildman–Crippen MR) is 73.4 cm³/mol. The summed E-state index contributed by atoms with van der Waals surface area (Å²) in [4.78, 5) is 16.8. The summed E-state index contributed by atoms with van der Waals surface area (Å²) in [5.41, 5.74) is 5.52. The molecule has 1 unspecified atom stereocenters. The first-order valence-corrected chi connectivity index (χ1v) is 6.98. The fraction of sp³-hybridized carbons (Fsp3) is 0.833. The van der Waals surface area contributed by atoms with Crippen LogP contribution in [0.4, 0.5) is 0 Å². The van der Waals surface area contributed by atoms with Gasteiger partial charge in [0.15, 0.2) is 0 Å². The minimum Gasteiger partial charge on any atom is -0.392 e. The van der Waals surface area contributed by atoms with Crippen molar-refractivity contribution in [1.29, 1.82) is 0 Å². The first-order chi connectivity index (χ1) is 8.66. The van der Waals surface area contributed by atoms with Crippen molar-refractivity contribution in [2.24, 2.45) is 5.73 Å². The molecule has 0 aliphatic carbocycles. The number of ether oxygens (including phenoxy) is 1. The molecule has 2 fully saturated rings. The third-order valence-electron chi connectivity index (χ3n) is 3.52. The number of rotatable bonds is 3. The zero-order chi connectivity index (χ0) is 13.0. The van der Waals surface area contributed by atoms with Crippen LogP contribution in [0.15, 0.2) is 0 Å². The number of nitrogens with zero attached hydrogens (tertiary/aromatic N) is 2. The van der Waals surface area contributed by atoms with E-state index < -0.39 is 0 Å². The minimum absolute atomic E-state index is 0.157. The highest BCUT2D eigenvalue weighted by Gasteiger charge is 2.29. The van der Waals surface area contributed by atoms with Gasteiger partial charge in [-0.05, 0) is 19.3 Å². The van der Waals surface area contributed by atoms with E-state index >= 15 is 0 Å². The first kappa shape index (κ1) is 13.7. The van der Waals surface area contributed by atoms with Crippen LogP contribution in [0.3, 0.4) is 0 Å². The molecule has 1 amide bonds. The van der Waals surface area contributed by atoms with Crippen molar-refractivity contribution < 1.29 is 9.53 Å². The van der Waals surface area contributed by atoms with Crippen LogP contribution in [0.25, 0.3) is 0 Å². The number of amides is 1. The summed E-state index contributed by atoms with van der Waals surface area (Å²) >= 11 is 4.90. The normalized spacial score (nSPS) is 26.0. The van der Waals surface area contributed by atoms with Crippen LogP contribution in [-0.2, 0) is 9.53 Å². The van der Waals surface area contributed by atoms with Crippen molar-refractivity contribution in [2.45, 2.75) is 25.4 Å². The summed E-state index contributed by atoms with van der Waals surface area (Å²) in [6.45, 7) is 4.56. The van der Waals surface area contributed by atoms with E-state index in [0.717, 1.165) is 52.0 Å². The van der Waals surface area contributed by atoms with Crippen LogP contribution < -0.4 is 5.73 Å². The standard InChI is InChI=1S/C12H21N3O2S/c13-11(18)9-14-4-6-15(7-5-14)12(16)10-3-1-2-8-17-10/h10H,1-9H2,(H2,13,18). The Kier molecular flexibility index (Phi) is 4.91. The molecule has 0 radical (unpaired) electrons. The zero-order valence-corrected chi connectivity index (χ0v) is 11.5. The molecule has 2 saturated heterocycles. The number of carbonyl (C=O) groups is 1. The van der Waals surface area contributed by atoms with Gasteiger partial charge in [0.05, 0.1) is 4.99 Å². The molecule has 5 nitrogen and oxygen atoms in total. The Morgan fingerprint density at radius 1 is 1.28 bits per heavy atom. The summed E-state index contributed by atoms with van der Waals surface area (Å²) in [7, 11) is 0. The summed E-state index contributed by atoms with van der Waals surface area (Å²) in [5.74, 6) is 0.157. The summed E-state index contributed by atoms with van der Waals surface area (Å²) in [6, 6.07) is 0. The van der Waals surface area contributed by atoms with Crippen molar-refractivity contribution in [2.75, 3.05) is 39.3 Å². The van der Waals surface area contributed by atoms with Gasteiger partial charge in [0, 0.05) is 39.3 Å². The number of hydrogen-bond acceptors (Lipinski definition) is 4. The molecule has 2 aliphatic heterocycles. The Morgan fingerprint density at radius 3 is 2.56 bits per heavy atom. The van der Waals surface area contributed by atoms with Crippen molar-refractivity contribution in [3.05, 3.63) is 0 Å². The molecule has 2 heterocycles. The third kappa shape index (κ3) is 3.63. The SMILES string of the molecule is NC(=S)CN1CCN(C(=O)C2CCCCO2)CC1. The highest BCUT2D eigenvalue weighted by atomic mass is 32.1. The van der Waals surface area contributed by atoms with Crippen molar-refractivity contribution in [3.63, 3.8) is 0 Å². The quantitative estimate of drug-likeness (QED) is 0.731. The third-order valence-corrected chi connectivity index (χ3v) is 3.65. The van der Waals surface area contributed by atoms with Gasteiger partial charge in [-0.2, -0.15) is 0 Å². The van der Waals surface area contributed by atoms with E-state index in [1.54, 1.807) is 0 Å². The second-order valence-corrected chi connectivity index (χ2v) is 5.45. The Hall–Kier alpha value is -0.720. The van der Waals surface area contributed by atoms with E-state index in [1.165, 1.54) is 0 Å². The molecule has 0 spiro atoms. The molecule has 0 aromatic rings. The van der Waals surface area contributed by atoms with Crippen molar-refractivity contribution in [1.82, 2.24) is 9.80 Å². The van der Waals surface area contributed by atoms with Crippen LogP contribution in [0.2, 0.25) is 0 Å². The zero-order valence-electron chi connectivity index (χ0n) is 10.6. The van der Waals surface area contributed by atoms with Gasteiger partial charge in [-0.3, -0.25) is 9.69 Å². The predicted octanol–water partition coefficient (Wildman–Crippen LogP) is -0.0142. The van der Waals surface area contributed by atoms with Gasteiger partial charge in [-0.1, -0.05) is 12.2 Å². The Morgan fingerprint density at radius 2 is 2.00 bits per heavy atom. The first-order valence-electron chi connectivity index (χ1n) is 6.58. The second-order valence-electron chi connectivity index (χ2n) is 4.92. The minimum atomic E-state index is -0.208. The lowest BCUT2D eigenvalue weighted by molar-refractivity contribution is -0.148. The van der Waals surface area contributed by atoms with Crippen LogP contribution in [0, 0.1) is 0 Å². The Labute approximate surface area is 113 Å². The van der Waals surface area contributed by atoms with Crippen LogP contribution in [0.1, 0.15) is 19.3 Å². The van der Waals surface area contributed by atoms with E-state index in [-0.39, 0.29) is 12.0 Å². The molecular formula is C12H21N3O2S. The molecular weight excluding hydrogens is 250 g/mol. The molecule has 0 bridgehead atoms. The number of piperazine rings is 1. The lowest BCUT2D eigenvalue weighted by Gasteiger charge is -2.36. The lowest BCUT2D eigenvalue weighted by Crippen LogP contribution is -2.53. The molecule has 6 heteroatoms. The number of hydrogen-bond donors (Lipinski definition) is 1. The molecule has 0 aromatic heterocycles. The molecule has 0 saturated carbocycles. The lowest BCUT2D eigenvalue weighted by atomic mass is 10.1. The maximum Gasteiger partial charge on any atom is 0.251 e. The fourth-order valence-corrected chi connectivity index (χ4v) is 2.67. The van der Waals surface area contributed by atoms with E-state index in [0.29, 0.717) is 11.5 Å². The van der Waals surface area contributed by atoms with Gasteiger partial charge in [-0.25, -0.2) is 0 Å². The number of nitrogens with two attached hydrogens (primary N) is 1. The van der Waals surface area contributed by atoms with Gasteiger partial charge < -0.3 is 15.4 Å². The Bertz CT molecular complexity index is 310. The van der Waals surface area contributed by atoms with E-state index in [1.807, 2.05) is 4.90 Å². The maximum absolute atomic E-state index is 12.2. The molecule has 1 atom stereocenters. The molecule has 102 valence electrons. The van der Waals surface area contributed by atoms with Gasteiger partial charge in [-0.15, -0.1) is 0 Å². The topological polar surface area (TPSA) is 58.8 Å². The second kappa shape index (κ2) is 6.45. The van der Waals surface area contributed by atoms with Gasteiger partial charge >= 0.3 is 0 Å². The largest absolute Gasteiger partial charge is 0.392 e. The van der Waals surface area contributed by atoms with E-state index in [9.17, 15) is 4.79 Å². The highest BCUT2D eigenvalue weighted by Crippen LogP contribution is 2.16.